The van der Waals surface area contributed by atoms with Gasteiger partial charge >= 0.3 is 0 Å². The number of carbonyl (C=O) groups excluding carboxylic acids is 1. The Morgan fingerprint density at radius 3 is 2.75 bits per heavy atom. The first-order valence-electron chi connectivity index (χ1n) is 7.02. The van der Waals surface area contributed by atoms with E-state index in [1.54, 1.807) is 6.20 Å². The maximum Gasteiger partial charge on any atom is 0.240 e. The largest absolute Gasteiger partial charge is 0.378 e. The maximum atomic E-state index is 11.7. The molecule has 20 heavy (non-hydrogen) atoms. The fourth-order valence-electron chi connectivity index (χ4n) is 2.22. The van der Waals surface area contributed by atoms with Gasteiger partial charge in [-0.2, -0.15) is 0 Å². The van der Waals surface area contributed by atoms with Crippen molar-refractivity contribution in [2.24, 2.45) is 5.73 Å². The number of anilines is 1. The highest BCUT2D eigenvalue weighted by Crippen LogP contribution is 2.32. The molecule has 3 N–H and O–H groups in total. The minimum Gasteiger partial charge on any atom is -0.378 e. The molecule has 2 aliphatic rings. The highest BCUT2D eigenvalue weighted by atomic mass is 16.5. The molecule has 1 aliphatic carbocycles. The van der Waals surface area contributed by atoms with Gasteiger partial charge in [0.05, 0.1) is 18.8 Å². The number of nitrogens with one attached hydrogen (secondary N) is 1. The van der Waals surface area contributed by atoms with Crippen LogP contribution in [0.2, 0.25) is 0 Å². The lowest BCUT2D eigenvalue weighted by molar-refractivity contribution is -0.123. The van der Waals surface area contributed by atoms with E-state index < -0.39 is 5.54 Å². The van der Waals surface area contributed by atoms with Crippen molar-refractivity contribution in [3.05, 3.63) is 23.9 Å². The molecule has 1 saturated heterocycles. The quantitative estimate of drug-likeness (QED) is 0.810. The van der Waals surface area contributed by atoms with E-state index in [0.717, 1.165) is 50.5 Å². The van der Waals surface area contributed by atoms with E-state index in [-0.39, 0.29) is 5.91 Å². The van der Waals surface area contributed by atoms with Crippen LogP contribution in [0.25, 0.3) is 0 Å². The number of aromatic nitrogens is 1. The molecule has 2 fully saturated rings. The summed E-state index contributed by atoms with van der Waals surface area (Å²) in [6, 6.07) is 3.98. The number of nitrogens with two attached hydrogens (primary N) is 1. The Labute approximate surface area is 118 Å². The van der Waals surface area contributed by atoms with Crippen molar-refractivity contribution in [1.29, 1.82) is 0 Å². The predicted molar refractivity (Wildman–Crippen MR) is 75.3 cm³/mol. The van der Waals surface area contributed by atoms with E-state index in [2.05, 4.69) is 15.2 Å². The Hall–Kier alpha value is -1.66. The highest BCUT2D eigenvalue weighted by molar-refractivity contribution is 5.88. The van der Waals surface area contributed by atoms with Crippen LogP contribution < -0.4 is 16.0 Å². The van der Waals surface area contributed by atoms with Crippen molar-refractivity contribution >= 4 is 11.7 Å². The molecule has 0 unspecified atom stereocenters. The van der Waals surface area contributed by atoms with E-state index in [1.165, 1.54) is 0 Å². The smallest absolute Gasteiger partial charge is 0.240 e. The molecule has 0 atom stereocenters. The second-order valence-corrected chi connectivity index (χ2v) is 5.46. The second-order valence-electron chi connectivity index (χ2n) is 5.46. The number of nitrogens with zero attached hydrogens (tertiary/aromatic N) is 2. The van der Waals surface area contributed by atoms with Crippen LogP contribution in [0.4, 0.5) is 5.82 Å². The third-order valence-electron chi connectivity index (χ3n) is 3.84. The second kappa shape index (κ2) is 5.38. The first kappa shape index (κ1) is 13.3. The lowest BCUT2D eigenvalue weighted by atomic mass is 10.2. The first-order valence-corrected chi connectivity index (χ1v) is 7.02. The Bertz CT molecular complexity index is 478. The SMILES string of the molecule is NC1(C(=O)NCc2ccc(N3CCOCC3)nc2)CC1. The van der Waals surface area contributed by atoms with Gasteiger partial charge in [-0.15, -0.1) is 0 Å². The van der Waals surface area contributed by atoms with Crippen LogP contribution in [0.3, 0.4) is 0 Å². The minimum atomic E-state index is -0.610. The molecule has 1 saturated carbocycles. The van der Waals surface area contributed by atoms with E-state index >= 15 is 0 Å². The normalized spacial score (nSPS) is 20.6. The zero-order valence-electron chi connectivity index (χ0n) is 11.5. The molecule has 0 radical (unpaired) electrons. The molecule has 6 nitrogen and oxygen atoms in total. The average Bonchev–Trinajstić information content (AvgIpc) is 3.25. The van der Waals surface area contributed by atoms with Gasteiger partial charge in [0.1, 0.15) is 5.82 Å². The van der Waals surface area contributed by atoms with Gasteiger partial charge in [0.25, 0.3) is 0 Å². The summed E-state index contributed by atoms with van der Waals surface area (Å²) in [7, 11) is 0. The number of carbonyl (C=O) groups is 1. The van der Waals surface area contributed by atoms with E-state index in [9.17, 15) is 4.79 Å². The van der Waals surface area contributed by atoms with Crippen molar-refractivity contribution in [2.45, 2.75) is 24.9 Å². The molecule has 0 spiro atoms. The molecule has 6 heteroatoms. The van der Waals surface area contributed by atoms with Gasteiger partial charge < -0.3 is 20.7 Å². The lowest BCUT2D eigenvalue weighted by Crippen LogP contribution is -2.42. The molecule has 1 aliphatic heterocycles. The van der Waals surface area contributed by atoms with Crippen molar-refractivity contribution in [3.63, 3.8) is 0 Å². The Morgan fingerprint density at radius 1 is 1.40 bits per heavy atom. The maximum absolute atomic E-state index is 11.7. The fraction of sp³-hybridized carbons (Fsp3) is 0.571. The Balaban J connectivity index is 1.54. The zero-order valence-corrected chi connectivity index (χ0v) is 11.5. The molecular formula is C14H20N4O2. The fourth-order valence-corrected chi connectivity index (χ4v) is 2.22. The zero-order chi connectivity index (χ0) is 14.0. The molecular weight excluding hydrogens is 256 g/mol. The van der Waals surface area contributed by atoms with Crippen molar-refractivity contribution in [2.75, 3.05) is 31.2 Å². The van der Waals surface area contributed by atoms with E-state index in [1.807, 2.05) is 12.1 Å². The summed E-state index contributed by atoms with van der Waals surface area (Å²) in [5.74, 6) is 0.899. The van der Waals surface area contributed by atoms with Crippen LogP contribution in [0.15, 0.2) is 18.3 Å². The summed E-state index contributed by atoms with van der Waals surface area (Å²) in [6.07, 6.45) is 3.38. The Morgan fingerprint density at radius 2 is 2.15 bits per heavy atom. The lowest BCUT2D eigenvalue weighted by Gasteiger charge is -2.27. The molecule has 1 amide bonds. The summed E-state index contributed by atoms with van der Waals surface area (Å²) in [5, 5.41) is 2.86. The van der Waals surface area contributed by atoms with Gasteiger partial charge in [-0.1, -0.05) is 6.07 Å². The third kappa shape index (κ3) is 2.91. The molecule has 108 valence electrons. The number of pyridine rings is 1. The summed E-state index contributed by atoms with van der Waals surface area (Å²) < 4.78 is 5.32. The monoisotopic (exact) mass is 276 g/mol. The van der Waals surface area contributed by atoms with Crippen molar-refractivity contribution in [1.82, 2.24) is 10.3 Å². The topological polar surface area (TPSA) is 80.5 Å². The van der Waals surface area contributed by atoms with Gasteiger partial charge in [-0.25, -0.2) is 4.98 Å². The van der Waals surface area contributed by atoms with Crippen LogP contribution in [0.5, 0.6) is 0 Å². The molecule has 3 rings (SSSR count). The summed E-state index contributed by atoms with van der Waals surface area (Å²) in [6.45, 7) is 3.72. The number of hydrogen-bond acceptors (Lipinski definition) is 5. The number of rotatable bonds is 4. The van der Waals surface area contributed by atoms with Gasteiger partial charge in [0.2, 0.25) is 5.91 Å². The Kier molecular flexibility index (Phi) is 3.58. The van der Waals surface area contributed by atoms with Gasteiger partial charge in [0.15, 0.2) is 0 Å². The van der Waals surface area contributed by atoms with Crippen LogP contribution in [-0.2, 0) is 16.1 Å². The number of hydrogen-bond donors (Lipinski definition) is 2. The van der Waals surface area contributed by atoms with Crippen molar-refractivity contribution in [3.8, 4) is 0 Å². The highest BCUT2D eigenvalue weighted by Gasteiger charge is 2.45. The molecule has 0 aromatic carbocycles. The van der Waals surface area contributed by atoms with E-state index in [4.69, 9.17) is 10.5 Å². The average molecular weight is 276 g/mol. The molecule has 0 bridgehead atoms. The standard InChI is InChI=1S/C14H20N4O2/c15-14(3-4-14)13(19)17-10-11-1-2-12(16-9-11)18-5-7-20-8-6-18/h1-2,9H,3-8,10,15H2,(H,17,19). The number of amides is 1. The third-order valence-corrected chi connectivity index (χ3v) is 3.84. The summed E-state index contributed by atoms with van der Waals surface area (Å²) in [4.78, 5) is 18.4. The molecule has 1 aromatic rings. The van der Waals surface area contributed by atoms with Crippen LogP contribution in [-0.4, -0.2) is 42.7 Å². The number of ether oxygens (including phenoxy) is 1. The summed E-state index contributed by atoms with van der Waals surface area (Å²) in [5.41, 5.74) is 6.21. The summed E-state index contributed by atoms with van der Waals surface area (Å²) >= 11 is 0. The number of morpholine rings is 1. The first-order chi connectivity index (χ1) is 9.67. The predicted octanol–water partition coefficient (Wildman–Crippen LogP) is 0.0257. The molecule has 2 heterocycles. The van der Waals surface area contributed by atoms with Crippen LogP contribution in [0, 0.1) is 0 Å². The van der Waals surface area contributed by atoms with Crippen molar-refractivity contribution < 1.29 is 9.53 Å². The van der Waals surface area contributed by atoms with Crippen LogP contribution in [0.1, 0.15) is 18.4 Å². The van der Waals surface area contributed by atoms with Crippen LogP contribution >= 0.6 is 0 Å². The van der Waals surface area contributed by atoms with Gasteiger partial charge in [0, 0.05) is 25.8 Å². The van der Waals surface area contributed by atoms with Gasteiger partial charge in [-0.05, 0) is 24.5 Å². The van der Waals surface area contributed by atoms with Gasteiger partial charge in [-0.3, -0.25) is 4.79 Å². The minimum absolute atomic E-state index is 0.0604. The van der Waals surface area contributed by atoms with E-state index in [0.29, 0.717) is 6.54 Å². The molecule has 1 aromatic heterocycles.